The highest BCUT2D eigenvalue weighted by atomic mass is 32.2. The van der Waals surface area contributed by atoms with Crippen molar-refractivity contribution >= 4 is 27.8 Å². The molecule has 0 bridgehead atoms. The van der Waals surface area contributed by atoms with Crippen LogP contribution in [0.1, 0.15) is 18.1 Å². The summed E-state index contributed by atoms with van der Waals surface area (Å²) in [5, 5.41) is 3.96. The standard InChI is InChI=1S/C25H25N3O6S/c1-3-32-21-9-11-22(12-10-21)35(30,31)28(20-7-4-18(2)5-8-20)16-25(29)27-26-15-19-6-13-23-24(14-19)34-17-33-23/h4-15H,3,16-17H2,1-2H3,(H,27,29)/b26-15+. The van der Waals surface area contributed by atoms with Gasteiger partial charge in [0.05, 0.1) is 23.4 Å². The van der Waals surface area contributed by atoms with E-state index in [1.54, 1.807) is 54.6 Å². The Bertz CT molecular complexity index is 1320. The molecule has 1 heterocycles. The third-order valence-corrected chi connectivity index (χ3v) is 6.92. The lowest BCUT2D eigenvalue weighted by Crippen LogP contribution is -2.39. The molecule has 10 heteroatoms. The van der Waals surface area contributed by atoms with Crippen molar-refractivity contribution < 1.29 is 27.4 Å². The molecule has 0 saturated carbocycles. The average molecular weight is 496 g/mol. The maximum absolute atomic E-state index is 13.5. The molecule has 4 rings (SSSR count). The highest BCUT2D eigenvalue weighted by Crippen LogP contribution is 2.32. The first kappa shape index (κ1) is 24.1. The Morgan fingerprint density at radius 3 is 2.49 bits per heavy atom. The van der Waals surface area contributed by atoms with Gasteiger partial charge in [-0.2, -0.15) is 5.10 Å². The van der Waals surface area contributed by atoms with Gasteiger partial charge in [-0.3, -0.25) is 9.10 Å². The van der Waals surface area contributed by atoms with E-state index in [-0.39, 0.29) is 11.7 Å². The second-order valence-corrected chi connectivity index (χ2v) is 9.52. The number of ether oxygens (including phenoxy) is 3. The lowest BCUT2D eigenvalue weighted by molar-refractivity contribution is -0.119. The quantitative estimate of drug-likeness (QED) is 0.360. The van der Waals surface area contributed by atoms with Crippen LogP contribution in [0.15, 0.2) is 76.7 Å². The summed E-state index contributed by atoms with van der Waals surface area (Å²) in [5.74, 6) is 1.19. The Kier molecular flexibility index (Phi) is 7.21. The van der Waals surface area contributed by atoms with E-state index in [0.717, 1.165) is 9.87 Å². The van der Waals surface area contributed by atoms with Crippen LogP contribution in [0.2, 0.25) is 0 Å². The molecule has 0 spiro atoms. The molecule has 0 aromatic heterocycles. The molecule has 0 radical (unpaired) electrons. The second kappa shape index (κ2) is 10.5. The van der Waals surface area contributed by atoms with Crippen molar-refractivity contribution in [3.05, 3.63) is 77.9 Å². The van der Waals surface area contributed by atoms with Gasteiger partial charge in [0.25, 0.3) is 15.9 Å². The topological polar surface area (TPSA) is 107 Å². The van der Waals surface area contributed by atoms with Gasteiger partial charge >= 0.3 is 0 Å². The summed E-state index contributed by atoms with van der Waals surface area (Å²) in [7, 11) is -4.04. The zero-order valence-corrected chi connectivity index (χ0v) is 20.1. The highest BCUT2D eigenvalue weighted by Gasteiger charge is 2.27. The summed E-state index contributed by atoms with van der Waals surface area (Å²) in [6.07, 6.45) is 1.44. The lowest BCUT2D eigenvalue weighted by atomic mass is 10.2. The van der Waals surface area contributed by atoms with Crippen molar-refractivity contribution in [2.75, 3.05) is 24.2 Å². The Morgan fingerprint density at radius 1 is 1.06 bits per heavy atom. The fourth-order valence-corrected chi connectivity index (χ4v) is 4.79. The van der Waals surface area contributed by atoms with Crippen LogP contribution in [0.25, 0.3) is 0 Å². The molecule has 3 aromatic carbocycles. The highest BCUT2D eigenvalue weighted by molar-refractivity contribution is 7.92. The molecule has 1 N–H and O–H groups in total. The van der Waals surface area contributed by atoms with Crippen LogP contribution >= 0.6 is 0 Å². The molecule has 3 aromatic rings. The SMILES string of the molecule is CCOc1ccc(S(=O)(=O)N(CC(=O)N/N=C/c2ccc3c(c2)OCO3)c2ccc(C)cc2)cc1. The molecule has 1 aliphatic rings. The minimum Gasteiger partial charge on any atom is -0.494 e. The Balaban J connectivity index is 1.52. The average Bonchev–Trinajstić information content (AvgIpc) is 3.32. The van der Waals surface area contributed by atoms with E-state index in [4.69, 9.17) is 14.2 Å². The summed E-state index contributed by atoms with van der Waals surface area (Å²) in [5.41, 5.74) is 4.40. The fraction of sp³-hybridized carbons (Fsp3) is 0.200. The Morgan fingerprint density at radius 2 is 1.77 bits per heavy atom. The second-order valence-electron chi connectivity index (χ2n) is 7.66. The molecular formula is C25H25N3O6S. The number of carbonyl (C=O) groups is 1. The number of sulfonamides is 1. The molecule has 0 aliphatic carbocycles. The first-order valence-electron chi connectivity index (χ1n) is 10.9. The number of nitrogens with one attached hydrogen (secondary N) is 1. The summed E-state index contributed by atoms with van der Waals surface area (Å²) in [6, 6.07) is 18.2. The minimum absolute atomic E-state index is 0.0400. The Labute approximate surface area is 204 Å². The van der Waals surface area contributed by atoms with Gasteiger partial charge in [0.15, 0.2) is 11.5 Å². The van der Waals surface area contributed by atoms with Gasteiger partial charge in [0, 0.05) is 0 Å². The normalized spacial score (nSPS) is 12.5. The molecule has 0 unspecified atom stereocenters. The number of aryl methyl sites for hydroxylation is 1. The summed E-state index contributed by atoms with van der Waals surface area (Å²) >= 11 is 0. The zero-order chi connectivity index (χ0) is 24.8. The predicted octanol–water partition coefficient (Wildman–Crippen LogP) is 3.47. The maximum atomic E-state index is 13.5. The molecule has 1 amide bonds. The van der Waals surface area contributed by atoms with E-state index in [1.165, 1.54) is 18.3 Å². The van der Waals surface area contributed by atoms with Crippen LogP contribution in [0.3, 0.4) is 0 Å². The number of anilines is 1. The minimum atomic E-state index is -4.04. The number of nitrogens with zero attached hydrogens (tertiary/aromatic N) is 2. The number of hydrogen-bond acceptors (Lipinski definition) is 7. The number of amides is 1. The van der Waals surface area contributed by atoms with Crippen molar-refractivity contribution in [2.45, 2.75) is 18.7 Å². The third kappa shape index (κ3) is 5.72. The molecule has 0 saturated heterocycles. The predicted molar refractivity (Wildman–Crippen MR) is 132 cm³/mol. The van der Waals surface area contributed by atoms with Crippen LogP contribution < -0.4 is 23.9 Å². The van der Waals surface area contributed by atoms with E-state index < -0.39 is 22.5 Å². The Hall–Kier alpha value is -4.05. The number of rotatable bonds is 9. The van der Waals surface area contributed by atoms with Gasteiger partial charge < -0.3 is 14.2 Å². The van der Waals surface area contributed by atoms with Gasteiger partial charge in [-0.15, -0.1) is 0 Å². The van der Waals surface area contributed by atoms with E-state index in [2.05, 4.69) is 10.5 Å². The van der Waals surface area contributed by atoms with Crippen LogP contribution in [-0.2, 0) is 14.8 Å². The fourth-order valence-electron chi connectivity index (χ4n) is 3.37. The molecule has 9 nitrogen and oxygen atoms in total. The van der Waals surface area contributed by atoms with Crippen LogP contribution in [0.5, 0.6) is 17.2 Å². The summed E-state index contributed by atoms with van der Waals surface area (Å²) in [4.78, 5) is 12.7. The van der Waals surface area contributed by atoms with Crippen LogP contribution in [0.4, 0.5) is 5.69 Å². The number of hydrogen-bond donors (Lipinski definition) is 1. The number of carbonyl (C=O) groups excluding carboxylic acids is 1. The van der Waals surface area contributed by atoms with Crippen molar-refractivity contribution in [2.24, 2.45) is 5.10 Å². The van der Waals surface area contributed by atoms with Gasteiger partial charge in [-0.25, -0.2) is 13.8 Å². The van der Waals surface area contributed by atoms with Crippen LogP contribution in [0, 0.1) is 6.92 Å². The molecule has 0 fully saturated rings. The molecule has 0 atom stereocenters. The van der Waals surface area contributed by atoms with E-state index in [9.17, 15) is 13.2 Å². The van der Waals surface area contributed by atoms with Crippen molar-refractivity contribution in [1.82, 2.24) is 5.43 Å². The monoisotopic (exact) mass is 495 g/mol. The molecule has 1 aliphatic heterocycles. The third-order valence-electron chi connectivity index (χ3n) is 5.13. The van der Waals surface area contributed by atoms with Gasteiger partial charge in [-0.1, -0.05) is 17.7 Å². The van der Waals surface area contributed by atoms with E-state index in [1.807, 2.05) is 13.8 Å². The van der Waals surface area contributed by atoms with Crippen molar-refractivity contribution in [3.63, 3.8) is 0 Å². The first-order chi connectivity index (χ1) is 16.9. The molecular weight excluding hydrogens is 470 g/mol. The van der Waals surface area contributed by atoms with Gasteiger partial charge in [0.2, 0.25) is 6.79 Å². The lowest BCUT2D eigenvalue weighted by Gasteiger charge is -2.24. The number of benzene rings is 3. The smallest absolute Gasteiger partial charge is 0.264 e. The number of fused-ring (bicyclic) bond motifs is 1. The maximum Gasteiger partial charge on any atom is 0.264 e. The zero-order valence-electron chi connectivity index (χ0n) is 19.3. The van der Waals surface area contributed by atoms with Gasteiger partial charge in [-0.05, 0) is 74.0 Å². The van der Waals surface area contributed by atoms with E-state index in [0.29, 0.717) is 35.1 Å². The van der Waals surface area contributed by atoms with Crippen LogP contribution in [-0.4, -0.2) is 40.5 Å². The van der Waals surface area contributed by atoms with Crippen molar-refractivity contribution in [1.29, 1.82) is 0 Å². The molecule has 182 valence electrons. The largest absolute Gasteiger partial charge is 0.494 e. The number of hydrazone groups is 1. The molecule has 35 heavy (non-hydrogen) atoms. The van der Waals surface area contributed by atoms with E-state index >= 15 is 0 Å². The van der Waals surface area contributed by atoms with Gasteiger partial charge in [0.1, 0.15) is 12.3 Å². The van der Waals surface area contributed by atoms with Crippen molar-refractivity contribution in [3.8, 4) is 17.2 Å². The summed E-state index contributed by atoms with van der Waals surface area (Å²) in [6.45, 7) is 3.90. The first-order valence-corrected chi connectivity index (χ1v) is 12.3. The summed E-state index contributed by atoms with van der Waals surface area (Å²) < 4.78 is 44.0.